The minimum Gasteiger partial charge on any atom is -0.472 e. The van der Waals surface area contributed by atoms with Crippen LogP contribution < -0.4 is 5.32 Å². The summed E-state index contributed by atoms with van der Waals surface area (Å²) >= 11 is 0. The number of hydrogen-bond donors (Lipinski definition) is 1. The molecule has 1 amide bonds. The number of nitrogens with one attached hydrogen (secondary N) is 1. The molecule has 18 heavy (non-hydrogen) atoms. The Morgan fingerprint density at radius 2 is 2.17 bits per heavy atom. The lowest BCUT2D eigenvalue weighted by molar-refractivity contribution is 0.0907. The summed E-state index contributed by atoms with van der Waals surface area (Å²) in [6.45, 7) is 1.76. The van der Waals surface area contributed by atoms with Gasteiger partial charge in [-0.05, 0) is 25.1 Å². The largest absolute Gasteiger partial charge is 0.472 e. The highest BCUT2D eigenvalue weighted by Crippen LogP contribution is 2.07. The van der Waals surface area contributed by atoms with Crippen molar-refractivity contribution in [3.8, 4) is 0 Å². The molecule has 0 radical (unpaired) electrons. The van der Waals surface area contributed by atoms with E-state index in [-0.39, 0.29) is 24.2 Å². The molecule has 0 fully saturated rings. The van der Waals surface area contributed by atoms with Crippen LogP contribution in [0.5, 0.6) is 0 Å². The molecule has 0 unspecified atom stereocenters. The molecular formula is C13H13NO4. The van der Waals surface area contributed by atoms with Crippen molar-refractivity contribution in [3.05, 3.63) is 48.3 Å². The molecule has 0 saturated heterocycles. The van der Waals surface area contributed by atoms with Gasteiger partial charge in [-0.3, -0.25) is 9.59 Å². The Labute approximate surface area is 104 Å². The molecule has 5 nitrogen and oxygen atoms in total. The number of rotatable bonds is 5. The zero-order chi connectivity index (χ0) is 13.0. The Morgan fingerprint density at radius 1 is 1.33 bits per heavy atom. The van der Waals surface area contributed by atoms with E-state index in [4.69, 9.17) is 8.83 Å². The van der Waals surface area contributed by atoms with E-state index in [1.165, 1.54) is 18.8 Å². The van der Waals surface area contributed by atoms with Crippen molar-refractivity contribution in [3.63, 3.8) is 0 Å². The molecule has 1 atom stereocenters. The highest BCUT2D eigenvalue weighted by Gasteiger charge is 2.16. The van der Waals surface area contributed by atoms with E-state index in [1.807, 2.05) is 0 Å². The van der Waals surface area contributed by atoms with Gasteiger partial charge >= 0.3 is 0 Å². The Morgan fingerprint density at radius 3 is 2.78 bits per heavy atom. The first-order valence-corrected chi connectivity index (χ1v) is 5.56. The third kappa shape index (κ3) is 2.88. The number of ketones is 1. The van der Waals surface area contributed by atoms with Crippen LogP contribution in [0.4, 0.5) is 0 Å². The third-order valence-corrected chi connectivity index (χ3v) is 2.45. The zero-order valence-corrected chi connectivity index (χ0v) is 9.88. The van der Waals surface area contributed by atoms with Gasteiger partial charge in [0, 0.05) is 12.5 Å². The molecule has 2 aromatic heterocycles. The first-order valence-electron chi connectivity index (χ1n) is 5.56. The number of furan rings is 2. The van der Waals surface area contributed by atoms with Crippen molar-refractivity contribution < 1.29 is 18.4 Å². The van der Waals surface area contributed by atoms with Crippen LogP contribution in [0.2, 0.25) is 0 Å². The minimum absolute atomic E-state index is 0.139. The van der Waals surface area contributed by atoms with Gasteiger partial charge in [0.05, 0.1) is 18.1 Å². The van der Waals surface area contributed by atoms with E-state index in [0.717, 1.165) is 0 Å². The molecule has 5 heteroatoms. The molecule has 0 aliphatic carbocycles. The zero-order valence-electron chi connectivity index (χ0n) is 9.88. The first-order chi connectivity index (χ1) is 8.66. The van der Waals surface area contributed by atoms with E-state index in [1.54, 1.807) is 25.1 Å². The van der Waals surface area contributed by atoms with Crippen LogP contribution in [0.15, 0.2) is 45.8 Å². The highest BCUT2D eigenvalue weighted by molar-refractivity contribution is 5.96. The number of hydrogen-bond acceptors (Lipinski definition) is 4. The SMILES string of the molecule is C[C@H](CC(=O)c1ccco1)NC(=O)c1ccoc1. The maximum Gasteiger partial charge on any atom is 0.254 e. The lowest BCUT2D eigenvalue weighted by Crippen LogP contribution is -2.33. The molecule has 2 heterocycles. The first kappa shape index (κ1) is 12.2. The van der Waals surface area contributed by atoms with Gasteiger partial charge in [0.1, 0.15) is 6.26 Å². The fourth-order valence-electron chi connectivity index (χ4n) is 1.57. The lowest BCUT2D eigenvalue weighted by Gasteiger charge is -2.11. The Balaban J connectivity index is 1.87. The predicted molar refractivity (Wildman–Crippen MR) is 63.3 cm³/mol. The summed E-state index contributed by atoms with van der Waals surface area (Å²) in [6.07, 6.45) is 4.42. The van der Waals surface area contributed by atoms with Crippen LogP contribution in [0.1, 0.15) is 34.3 Å². The van der Waals surface area contributed by atoms with Crippen LogP contribution in [0, 0.1) is 0 Å². The van der Waals surface area contributed by atoms with Crippen molar-refractivity contribution in [1.29, 1.82) is 0 Å². The van der Waals surface area contributed by atoms with Crippen molar-refractivity contribution >= 4 is 11.7 Å². The normalized spacial score (nSPS) is 12.1. The second kappa shape index (κ2) is 5.35. The van der Waals surface area contributed by atoms with Gasteiger partial charge in [-0.25, -0.2) is 0 Å². The fraction of sp³-hybridized carbons (Fsp3) is 0.231. The summed E-state index contributed by atoms with van der Waals surface area (Å²) in [5.41, 5.74) is 0.437. The van der Waals surface area contributed by atoms with E-state index in [2.05, 4.69) is 5.32 Å². The quantitative estimate of drug-likeness (QED) is 0.822. The summed E-state index contributed by atoms with van der Waals surface area (Å²) in [4.78, 5) is 23.4. The summed E-state index contributed by atoms with van der Waals surface area (Å²) in [5.74, 6) is -0.0945. The van der Waals surface area contributed by atoms with E-state index in [9.17, 15) is 9.59 Å². The van der Waals surface area contributed by atoms with E-state index < -0.39 is 0 Å². The van der Waals surface area contributed by atoms with Gasteiger partial charge in [0.25, 0.3) is 5.91 Å². The van der Waals surface area contributed by atoms with Crippen LogP contribution in [-0.4, -0.2) is 17.7 Å². The molecular weight excluding hydrogens is 234 g/mol. The molecule has 1 N–H and O–H groups in total. The van der Waals surface area contributed by atoms with Crippen LogP contribution in [0.25, 0.3) is 0 Å². The Kier molecular flexibility index (Phi) is 3.62. The fourth-order valence-corrected chi connectivity index (χ4v) is 1.57. The van der Waals surface area contributed by atoms with Crippen molar-refractivity contribution in [2.75, 3.05) is 0 Å². The number of Topliss-reactive ketones (excluding diaryl/α,β-unsaturated/α-hetero) is 1. The molecule has 0 saturated carbocycles. The number of carbonyl (C=O) groups excluding carboxylic acids is 2. The molecule has 2 aromatic rings. The standard InChI is InChI=1S/C13H13NO4/c1-9(7-11(15)12-3-2-5-18-12)14-13(16)10-4-6-17-8-10/h2-6,8-9H,7H2,1H3,(H,14,16)/t9-/m1/s1. The average Bonchev–Trinajstić information content (AvgIpc) is 3.02. The van der Waals surface area contributed by atoms with E-state index >= 15 is 0 Å². The maximum absolute atomic E-state index is 11.7. The molecule has 2 rings (SSSR count). The Bertz CT molecular complexity index is 465. The van der Waals surface area contributed by atoms with Gasteiger partial charge in [-0.1, -0.05) is 0 Å². The summed E-state index contributed by atoms with van der Waals surface area (Å²) in [7, 11) is 0. The monoisotopic (exact) mass is 247 g/mol. The summed E-state index contributed by atoms with van der Waals surface area (Å²) in [5, 5.41) is 2.71. The molecule has 94 valence electrons. The summed E-state index contributed by atoms with van der Waals surface area (Å²) < 4.78 is 9.81. The van der Waals surface area contributed by atoms with Gasteiger partial charge in [-0.2, -0.15) is 0 Å². The molecule has 0 aromatic carbocycles. The molecule has 0 spiro atoms. The second-order valence-corrected chi connectivity index (χ2v) is 3.99. The molecule has 0 bridgehead atoms. The van der Waals surface area contributed by atoms with Crippen molar-refractivity contribution in [2.45, 2.75) is 19.4 Å². The molecule has 0 aliphatic heterocycles. The summed E-state index contributed by atoms with van der Waals surface area (Å²) in [6, 6.07) is 4.55. The van der Waals surface area contributed by atoms with Crippen molar-refractivity contribution in [2.24, 2.45) is 0 Å². The van der Waals surface area contributed by atoms with Gasteiger partial charge < -0.3 is 14.2 Å². The topological polar surface area (TPSA) is 72.5 Å². The van der Waals surface area contributed by atoms with E-state index in [0.29, 0.717) is 11.3 Å². The van der Waals surface area contributed by atoms with Crippen LogP contribution in [-0.2, 0) is 0 Å². The van der Waals surface area contributed by atoms with Gasteiger partial charge in [-0.15, -0.1) is 0 Å². The molecule has 0 aliphatic rings. The number of carbonyl (C=O) groups is 2. The maximum atomic E-state index is 11.7. The highest BCUT2D eigenvalue weighted by atomic mass is 16.3. The Hall–Kier alpha value is -2.30. The lowest BCUT2D eigenvalue weighted by atomic mass is 10.1. The van der Waals surface area contributed by atoms with Gasteiger partial charge in [0.2, 0.25) is 0 Å². The third-order valence-electron chi connectivity index (χ3n) is 2.45. The van der Waals surface area contributed by atoms with Crippen LogP contribution in [0.3, 0.4) is 0 Å². The van der Waals surface area contributed by atoms with Gasteiger partial charge in [0.15, 0.2) is 11.5 Å². The van der Waals surface area contributed by atoms with Crippen molar-refractivity contribution in [1.82, 2.24) is 5.32 Å². The second-order valence-electron chi connectivity index (χ2n) is 3.99. The van der Waals surface area contributed by atoms with Crippen LogP contribution >= 0.6 is 0 Å². The number of amides is 1. The predicted octanol–water partition coefficient (Wildman–Crippen LogP) is 2.26. The smallest absolute Gasteiger partial charge is 0.254 e. The minimum atomic E-state index is -0.273. The average molecular weight is 247 g/mol.